The van der Waals surface area contributed by atoms with Crippen molar-refractivity contribution in [3.63, 3.8) is 0 Å². The van der Waals surface area contributed by atoms with Crippen LogP contribution in [0.1, 0.15) is 45.3 Å². The molecule has 6 nitrogen and oxygen atoms in total. The topological polar surface area (TPSA) is 79.7 Å². The molecule has 0 saturated heterocycles. The maximum Gasteiger partial charge on any atom is 0.304 e. The second kappa shape index (κ2) is 13.9. The zero-order valence-corrected chi connectivity index (χ0v) is 24.6. The predicted molar refractivity (Wildman–Crippen MR) is 163 cm³/mol. The van der Waals surface area contributed by atoms with Gasteiger partial charge in [-0.15, -0.1) is 0 Å². The molecule has 0 aliphatic heterocycles. The van der Waals surface area contributed by atoms with Crippen molar-refractivity contribution in [3.05, 3.63) is 105 Å². The first-order valence-electron chi connectivity index (χ1n) is 12.8. The minimum Gasteiger partial charge on any atom is -0.487 e. The molecule has 0 bridgehead atoms. The summed E-state index contributed by atoms with van der Waals surface area (Å²) in [7, 11) is 3.40. The Morgan fingerprint density at radius 3 is 2.58 bits per heavy atom. The van der Waals surface area contributed by atoms with E-state index in [-0.39, 0.29) is 17.6 Å². The van der Waals surface area contributed by atoms with E-state index in [1.54, 1.807) is 31.9 Å². The van der Waals surface area contributed by atoms with Crippen LogP contribution in [0.25, 0.3) is 10.9 Å². The molecule has 0 fully saturated rings. The Labute approximate surface area is 248 Å². The monoisotopic (exact) mass is 596 g/mol. The van der Waals surface area contributed by atoms with Crippen LogP contribution in [0.3, 0.4) is 0 Å². The number of aryl methyl sites for hydroxylation is 1. The molecule has 1 N–H and O–H groups in total. The Balaban J connectivity index is 1.51. The summed E-state index contributed by atoms with van der Waals surface area (Å²) < 4.78 is 6.09. The first kappa shape index (κ1) is 29.7. The lowest BCUT2D eigenvalue weighted by Gasteiger charge is -2.20. The fourth-order valence-corrected chi connectivity index (χ4v) is 5.98. The molecule has 0 aliphatic rings. The number of amides is 1. The maximum absolute atomic E-state index is 12.8. The van der Waals surface area contributed by atoms with Crippen LogP contribution in [0, 0.1) is 0 Å². The van der Waals surface area contributed by atoms with Crippen molar-refractivity contribution in [2.75, 3.05) is 19.8 Å². The standard InChI is InChI=1S/C31H30Cl2N2O4S/c1-35(2)31(38)30-21(5-4-8-26(30)33)11-14-28(40-16-15-29(36)37)22-6-3-7-25(17-22)39-19-24-13-10-20-9-12-23(32)18-27(20)34-24/h3-10,12-13,17-18,28H,11,14-16,19H2,1-2H3,(H,36,37). The highest BCUT2D eigenvalue weighted by molar-refractivity contribution is 7.99. The molecular formula is C31H30Cl2N2O4S. The number of carbonyl (C=O) groups is 2. The highest BCUT2D eigenvalue weighted by Gasteiger charge is 2.20. The fraction of sp³-hybridized carbons (Fsp3) is 0.258. The normalized spacial score (nSPS) is 11.8. The summed E-state index contributed by atoms with van der Waals surface area (Å²) in [5.74, 6) is 0.186. The number of halogens is 2. The molecule has 0 saturated carbocycles. The fourth-order valence-electron chi connectivity index (χ4n) is 4.34. The predicted octanol–water partition coefficient (Wildman–Crippen LogP) is 7.70. The van der Waals surface area contributed by atoms with Crippen molar-refractivity contribution in [2.24, 2.45) is 0 Å². The number of fused-ring (bicyclic) bond motifs is 1. The Hall–Kier alpha value is -3.26. The van der Waals surface area contributed by atoms with Gasteiger partial charge in [-0.25, -0.2) is 4.98 Å². The van der Waals surface area contributed by atoms with Crippen LogP contribution < -0.4 is 4.74 Å². The van der Waals surface area contributed by atoms with E-state index in [4.69, 9.17) is 27.9 Å². The summed E-state index contributed by atoms with van der Waals surface area (Å²) in [4.78, 5) is 30.2. The van der Waals surface area contributed by atoms with Crippen molar-refractivity contribution in [2.45, 2.75) is 31.1 Å². The van der Waals surface area contributed by atoms with Gasteiger partial charge in [0.05, 0.1) is 28.2 Å². The number of thioether (sulfide) groups is 1. The zero-order valence-electron chi connectivity index (χ0n) is 22.3. The van der Waals surface area contributed by atoms with Gasteiger partial charge < -0.3 is 14.7 Å². The lowest BCUT2D eigenvalue weighted by molar-refractivity contribution is -0.136. The molecule has 0 radical (unpaired) electrons. The van der Waals surface area contributed by atoms with Gasteiger partial charge in [0.25, 0.3) is 5.91 Å². The van der Waals surface area contributed by atoms with Crippen molar-refractivity contribution in [1.29, 1.82) is 0 Å². The zero-order chi connectivity index (χ0) is 28.6. The van der Waals surface area contributed by atoms with E-state index in [1.165, 1.54) is 4.90 Å². The van der Waals surface area contributed by atoms with Gasteiger partial charge in [0.2, 0.25) is 0 Å². The van der Waals surface area contributed by atoms with Crippen molar-refractivity contribution < 1.29 is 19.4 Å². The SMILES string of the molecule is CN(C)C(=O)c1c(Cl)cccc1CCC(SCCC(=O)O)c1cccc(OCc2ccc3ccc(Cl)cc3n2)c1. The Morgan fingerprint density at radius 2 is 1.80 bits per heavy atom. The molecule has 0 spiro atoms. The van der Waals surface area contributed by atoms with Crippen molar-refractivity contribution >= 4 is 57.7 Å². The van der Waals surface area contributed by atoms with E-state index in [0.717, 1.165) is 27.7 Å². The molecule has 9 heteroatoms. The number of pyridine rings is 1. The highest BCUT2D eigenvalue weighted by Crippen LogP contribution is 2.36. The summed E-state index contributed by atoms with van der Waals surface area (Å²) in [6, 6.07) is 22.9. The first-order valence-corrected chi connectivity index (χ1v) is 14.6. The van der Waals surface area contributed by atoms with Crippen LogP contribution in [0.2, 0.25) is 10.0 Å². The van der Waals surface area contributed by atoms with E-state index >= 15 is 0 Å². The number of ether oxygens (including phenoxy) is 1. The van der Waals surface area contributed by atoms with Gasteiger partial charge in [-0.1, -0.05) is 59.6 Å². The van der Waals surface area contributed by atoms with Gasteiger partial charge in [0, 0.05) is 35.5 Å². The molecule has 1 atom stereocenters. The molecule has 1 unspecified atom stereocenters. The molecule has 4 rings (SSSR count). The number of carboxylic acid groups (broad SMARTS) is 1. The third-order valence-corrected chi connectivity index (χ3v) is 8.26. The van der Waals surface area contributed by atoms with E-state index in [1.807, 2.05) is 66.7 Å². The third-order valence-electron chi connectivity index (χ3n) is 6.36. The van der Waals surface area contributed by atoms with Crippen LogP contribution in [0.4, 0.5) is 0 Å². The van der Waals surface area contributed by atoms with Crippen molar-refractivity contribution in [3.8, 4) is 5.75 Å². The van der Waals surface area contributed by atoms with Gasteiger partial charge in [0.1, 0.15) is 12.4 Å². The molecular weight excluding hydrogens is 567 g/mol. The van der Waals surface area contributed by atoms with Crippen LogP contribution >= 0.6 is 35.0 Å². The molecule has 0 aliphatic carbocycles. The Morgan fingerprint density at radius 1 is 1.02 bits per heavy atom. The molecule has 1 aromatic heterocycles. The molecule has 1 amide bonds. The summed E-state index contributed by atoms with van der Waals surface area (Å²) in [5, 5.41) is 11.2. The number of aliphatic carboxylic acids is 1. The van der Waals surface area contributed by atoms with Gasteiger partial charge in [-0.3, -0.25) is 9.59 Å². The second-order valence-electron chi connectivity index (χ2n) is 9.52. The molecule has 208 valence electrons. The number of hydrogen-bond acceptors (Lipinski definition) is 5. The average molecular weight is 598 g/mol. The van der Waals surface area contributed by atoms with Gasteiger partial charge >= 0.3 is 5.97 Å². The maximum atomic E-state index is 12.8. The number of rotatable bonds is 12. The molecule has 3 aromatic carbocycles. The summed E-state index contributed by atoms with van der Waals surface area (Å²) >= 11 is 14.1. The van der Waals surface area contributed by atoms with E-state index in [0.29, 0.717) is 46.6 Å². The van der Waals surface area contributed by atoms with Crippen molar-refractivity contribution in [1.82, 2.24) is 9.88 Å². The third kappa shape index (κ3) is 7.90. The first-order chi connectivity index (χ1) is 19.2. The molecule has 40 heavy (non-hydrogen) atoms. The summed E-state index contributed by atoms with van der Waals surface area (Å²) in [6.45, 7) is 0.293. The van der Waals surface area contributed by atoms with E-state index < -0.39 is 5.97 Å². The minimum absolute atomic E-state index is 0.00914. The number of nitrogens with zero attached hydrogens (tertiary/aromatic N) is 2. The lowest BCUT2D eigenvalue weighted by Crippen LogP contribution is -2.23. The average Bonchev–Trinajstić information content (AvgIpc) is 2.93. The summed E-state index contributed by atoms with van der Waals surface area (Å²) in [6.07, 6.45) is 1.36. The second-order valence-corrected chi connectivity index (χ2v) is 11.7. The van der Waals surface area contributed by atoms with Gasteiger partial charge in [0.15, 0.2) is 0 Å². The number of benzene rings is 3. The van der Waals surface area contributed by atoms with Crippen LogP contribution in [-0.4, -0.2) is 46.7 Å². The molecule has 1 heterocycles. The molecule has 4 aromatic rings. The quantitative estimate of drug-likeness (QED) is 0.180. The van der Waals surface area contributed by atoms with E-state index in [2.05, 4.69) is 4.98 Å². The summed E-state index contributed by atoms with van der Waals surface area (Å²) in [5.41, 5.74) is 3.99. The number of hydrogen-bond donors (Lipinski definition) is 1. The minimum atomic E-state index is -0.832. The van der Waals surface area contributed by atoms with Crippen LogP contribution in [0.5, 0.6) is 5.75 Å². The largest absolute Gasteiger partial charge is 0.487 e. The number of carbonyl (C=O) groups excluding carboxylic acids is 1. The van der Waals surface area contributed by atoms with E-state index in [9.17, 15) is 14.7 Å². The van der Waals surface area contributed by atoms with Gasteiger partial charge in [-0.05, 0) is 60.4 Å². The van der Waals surface area contributed by atoms with Crippen LogP contribution in [0.15, 0.2) is 72.8 Å². The van der Waals surface area contributed by atoms with Crippen LogP contribution in [-0.2, 0) is 17.8 Å². The Kier molecular flexibility index (Phi) is 10.3. The Bertz CT molecular complexity index is 1510. The lowest BCUT2D eigenvalue weighted by atomic mass is 9.98. The smallest absolute Gasteiger partial charge is 0.304 e. The number of carboxylic acids is 1. The van der Waals surface area contributed by atoms with Gasteiger partial charge in [-0.2, -0.15) is 11.8 Å². The number of aromatic nitrogens is 1. The highest BCUT2D eigenvalue weighted by atomic mass is 35.5.